The quantitative estimate of drug-likeness (QED) is 0.543. The predicted octanol–water partition coefficient (Wildman–Crippen LogP) is -0.686. The number of alkyl halides is 1. The van der Waals surface area contributed by atoms with E-state index in [1.807, 2.05) is 0 Å². The van der Waals surface area contributed by atoms with Crippen molar-refractivity contribution in [1.82, 2.24) is 5.32 Å². The lowest BCUT2D eigenvalue weighted by molar-refractivity contribution is -0.862. The SMILES string of the molecule is C[NH+](CC(=O)Nc1ccccc1Cl)CC(=O)N[C@@H]1CS(=O)(=O)C[C@@H]1Cl. The smallest absolute Gasteiger partial charge is 0.279 e. The van der Waals surface area contributed by atoms with Crippen molar-refractivity contribution in [3.05, 3.63) is 29.3 Å². The molecule has 1 heterocycles. The van der Waals surface area contributed by atoms with Crippen LogP contribution in [0, 0.1) is 0 Å². The molecule has 0 spiro atoms. The van der Waals surface area contributed by atoms with Crippen LogP contribution in [0.3, 0.4) is 0 Å². The molecule has 0 aliphatic carbocycles. The third kappa shape index (κ3) is 6.14. The number of rotatable bonds is 6. The highest BCUT2D eigenvalue weighted by atomic mass is 35.5. The van der Waals surface area contributed by atoms with Gasteiger partial charge < -0.3 is 15.5 Å². The predicted molar refractivity (Wildman–Crippen MR) is 96.9 cm³/mol. The molecule has 0 saturated carbocycles. The number of quaternary nitrogens is 1. The van der Waals surface area contributed by atoms with E-state index < -0.39 is 21.3 Å². The number of nitrogens with one attached hydrogen (secondary N) is 3. The monoisotopic (exact) mass is 408 g/mol. The van der Waals surface area contributed by atoms with Crippen LogP contribution >= 0.6 is 23.2 Å². The van der Waals surface area contributed by atoms with Gasteiger partial charge >= 0.3 is 0 Å². The van der Waals surface area contributed by atoms with Crippen LogP contribution in [0.1, 0.15) is 0 Å². The second-order valence-electron chi connectivity index (χ2n) is 6.11. The summed E-state index contributed by atoms with van der Waals surface area (Å²) in [7, 11) is -1.52. The van der Waals surface area contributed by atoms with E-state index in [-0.39, 0.29) is 36.4 Å². The van der Waals surface area contributed by atoms with Crippen LogP contribution in [-0.4, -0.2) is 63.3 Å². The Morgan fingerprint density at radius 3 is 2.44 bits per heavy atom. The van der Waals surface area contributed by atoms with Crippen LogP contribution < -0.4 is 15.5 Å². The van der Waals surface area contributed by atoms with Crippen molar-refractivity contribution in [2.45, 2.75) is 11.4 Å². The largest absolute Gasteiger partial charge is 0.346 e. The summed E-state index contributed by atoms with van der Waals surface area (Å²) in [4.78, 5) is 24.7. The third-order valence-electron chi connectivity index (χ3n) is 3.70. The molecule has 3 N–H and O–H groups in total. The number of benzene rings is 1. The number of carbonyl (C=O) groups is 2. The van der Waals surface area contributed by atoms with E-state index in [2.05, 4.69) is 10.6 Å². The Bertz CT molecular complexity index is 757. The van der Waals surface area contributed by atoms with Crippen LogP contribution in [-0.2, 0) is 19.4 Å². The minimum absolute atomic E-state index is 0.0239. The first-order valence-corrected chi connectivity index (χ1v) is 10.3. The average molecular weight is 409 g/mol. The van der Waals surface area contributed by atoms with Crippen LogP contribution in [0.5, 0.6) is 0 Å². The normalized spacial score (nSPS) is 23.0. The Kier molecular flexibility index (Phi) is 6.67. The van der Waals surface area contributed by atoms with Crippen LogP contribution in [0.15, 0.2) is 24.3 Å². The zero-order valence-corrected chi connectivity index (χ0v) is 15.9. The van der Waals surface area contributed by atoms with Gasteiger partial charge in [-0.25, -0.2) is 8.42 Å². The summed E-state index contributed by atoms with van der Waals surface area (Å²) in [6, 6.07) is 6.27. The summed E-state index contributed by atoms with van der Waals surface area (Å²) in [5.41, 5.74) is 0.507. The Hall–Kier alpha value is -1.35. The highest BCUT2D eigenvalue weighted by molar-refractivity contribution is 7.91. The number of carbonyl (C=O) groups excluding carboxylic acids is 2. The molecule has 0 bridgehead atoms. The van der Waals surface area contributed by atoms with Gasteiger partial charge in [0.2, 0.25) is 0 Å². The van der Waals surface area contributed by atoms with E-state index in [9.17, 15) is 18.0 Å². The highest BCUT2D eigenvalue weighted by Crippen LogP contribution is 2.20. The van der Waals surface area contributed by atoms with E-state index >= 15 is 0 Å². The van der Waals surface area contributed by atoms with Gasteiger partial charge in [0.15, 0.2) is 22.9 Å². The number of para-hydroxylation sites is 1. The second-order valence-corrected chi connectivity index (χ2v) is 9.23. The minimum Gasteiger partial charge on any atom is -0.346 e. The summed E-state index contributed by atoms with van der Waals surface area (Å²) < 4.78 is 23.0. The Morgan fingerprint density at radius 2 is 1.84 bits per heavy atom. The third-order valence-corrected chi connectivity index (χ3v) is 6.41. The van der Waals surface area contributed by atoms with Gasteiger partial charge in [-0.1, -0.05) is 23.7 Å². The first-order valence-electron chi connectivity index (χ1n) is 7.66. The van der Waals surface area contributed by atoms with Gasteiger partial charge in [0, 0.05) is 0 Å². The standard InChI is InChI=1S/C15H19Cl2N3O4S/c1-20(6-14(21)18-12-5-3-2-4-10(12)16)7-15(22)19-13-9-25(23,24)8-11(13)17/h2-5,11,13H,6-9H2,1H3,(H,18,21)(H,19,22)/p+1/t11-,13+/m0/s1. The lowest BCUT2D eigenvalue weighted by Gasteiger charge is -2.17. The van der Waals surface area contributed by atoms with Crippen LogP contribution in [0.4, 0.5) is 5.69 Å². The molecule has 1 aliphatic rings. The molecule has 1 aliphatic heterocycles. The molecule has 10 heteroatoms. The molecule has 2 rings (SSSR count). The van der Waals surface area contributed by atoms with Crippen molar-refractivity contribution >= 4 is 50.5 Å². The van der Waals surface area contributed by atoms with Gasteiger partial charge in [-0.3, -0.25) is 9.59 Å². The van der Waals surface area contributed by atoms with Gasteiger partial charge in [0.1, 0.15) is 0 Å². The van der Waals surface area contributed by atoms with Gasteiger partial charge in [0.05, 0.1) is 40.7 Å². The van der Waals surface area contributed by atoms with Gasteiger partial charge in [0.25, 0.3) is 11.8 Å². The van der Waals surface area contributed by atoms with Crippen LogP contribution in [0.2, 0.25) is 5.02 Å². The number of sulfone groups is 1. The second kappa shape index (κ2) is 8.35. The number of hydrogen-bond acceptors (Lipinski definition) is 4. The fourth-order valence-corrected chi connectivity index (χ4v) is 5.30. The van der Waals surface area contributed by atoms with E-state index in [0.29, 0.717) is 15.6 Å². The molecule has 0 aromatic heterocycles. The van der Waals surface area contributed by atoms with E-state index in [1.54, 1.807) is 31.3 Å². The maximum atomic E-state index is 12.0. The molecule has 1 fully saturated rings. The Morgan fingerprint density at radius 1 is 1.20 bits per heavy atom. The van der Waals surface area contributed by atoms with Crippen molar-refractivity contribution in [2.24, 2.45) is 0 Å². The van der Waals surface area contributed by atoms with Gasteiger partial charge in [-0.2, -0.15) is 0 Å². The Balaban J connectivity index is 1.79. The van der Waals surface area contributed by atoms with Crippen molar-refractivity contribution in [3.8, 4) is 0 Å². The molecule has 7 nitrogen and oxygen atoms in total. The Labute approximate surface area is 156 Å². The fraction of sp³-hybridized carbons (Fsp3) is 0.467. The average Bonchev–Trinajstić information content (AvgIpc) is 2.73. The zero-order chi connectivity index (χ0) is 18.6. The fourth-order valence-electron chi connectivity index (χ4n) is 2.56. The first kappa shape index (κ1) is 20.0. The molecule has 0 radical (unpaired) electrons. The molecule has 25 heavy (non-hydrogen) atoms. The summed E-state index contributed by atoms with van der Waals surface area (Å²) in [5, 5.41) is 5.11. The maximum Gasteiger partial charge on any atom is 0.279 e. The molecule has 1 unspecified atom stereocenters. The zero-order valence-electron chi connectivity index (χ0n) is 13.6. The molecule has 1 aromatic rings. The van der Waals surface area contributed by atoms with E-state index in [4.69, 9.17) is 23.2 Å². The number of anilines is 1. The molecule has 2 amide bonds. The first-order chi connectivity index (χ1) is 11.7. The number of hydrogen-bond donors (Lipinski definition) is 3. The lowest BCUT2D eigenvalue weighted by Crippen LogP contribution is -3.11. The number of likely N-dealkylation sites (N-methyl/N-ethyl adjacent to an activating group) is 1. The number of amides is 2. The van der Waals surface area contributed by atoms with Crippen molar-refractivity contribution in [2.75, 3.05) is 37.0 Å². The maximum absolute atomic E-state index is 12.0. The number of halogens is 2. The summed E-state index contributed by atoms with van der Waals surface area (Å²) in [6.45, 7) is 0.0853. The molecule has 1 aromatic carbocycles. The molecule has 3 atom stereocenters. The molecular formula is C15H20Cl2N3O4S+. The molecule has 1 saturated heterocycles. The van der Waals surface area contributed by atoms with Crippen molar-refractivity contribution in [1.29, 1.82) is 0 Å². The summed E-state index contributed by atoms with van der Waals surface area (Å²) >= 11 is 11.9. The lowest BCUT2D eigenvalue weighted by atomic mass is 10.2. The van der Waals surface area contributed by atoms with Crippen molar-refractivity contribution in [3.63, 3.8) is 0 Å². The molecular weight excluding hydrogens is 389 g/mol. The van der Waals surface area contributed by atoms with Crippen LogP contribution in [0.25, 0.3) is 0 Å². The summed E-state index contributed by atoms with van der Waals surface area (Å²) in [6.07, 6.45) is 0. The van der Waals surface area contributed by atoms with E-state index in [0.717, 1.165) is 0 Å². The molecule has 138 valence electrons. The summed E-state index contributed by atoms with van der Waals surface area (Å²) in [5.74, 6) is -0.922. The van der Waals surface area contributed by atoms with Crippen molar-refractivity contribution < 1.29 is 22.9 Å². The van der Waals surface area contributed by atoms with Gasteiger partial charge in [-0.15, -0.1) is 11.6 Å². The highest BCUT2D eigenvalue weighted by Gasteiger charge is 2.37. The van der Waals surface area contributed by atoms with Gasteiger partial charge in [-0.05, 0) is 12.1 Å². The minimum atomic E-state index is -3.21. The topological polar surface area (TPSA) is 96.8 Å². The van der Waals surface area contributed by atoms with E-state index in [1.165, 1.54) is 0 Å².